The second-order valence-corrected chi connectivity index (χ2v) is 7.01. The minimum Gasteiger partial charge on any atom is -0.482 e. The number of hydrogen-bond donors (Lipinski definition) is 2. The van der Waals surface area contributed by atoms with Gasteiger partial charge < -0.3 is 24.7 Å². The zero-order valence-electron chi connectivity index (χ0n) is 16.9. The Morgan fingerprint density at radius 3 is 2.66 bits per heavy atom. The fourth-order valence-electron chi connectivity index (χ4n) is 3.21. The Morgan fingerprint density at radius 1 is 1.06 bits per heavy atom. The molecule has 10 heteroatoms. The third kappa shape index (κ3) is 3.81. The molecule has 1 amide bonds. The van der Waals surface area contributed by atoms with Gasteiger partial charge in [0.05, 0.1) is 18.1 Å². The van der Waals surface area contributed by atoms with E-state index in [9.17, 15) is 9.18 Å². The molecule has 1 aliphatic rings. The Bertz CT molecular complexity index is 1280. The number of nitrogens with zero attached hydrogens (tertiary/aromatic N) is 4. The molecule has 0 fully saturated rings. The number of fused-ring (bicyclic) bond motifs is 1. The predicted octanol–water partition coefficient (Wildman–Crippen LogP) is 4.11. The molecule has 2 aromatic heterocycles. The molecular formula is C22H17FN6O3. The van der Waals surface area contributed by atoms with E-state index in [1.54, 1.807) is 31.4 Å². The van der Waals surface area contributed by atoms with Crippen molar-refractivity contribution < 1.29 is 18.3 Å². The molecule has 0 spiro atoms. The van der Waals surface area contributed by atoms with Gasteiger partial charge in [-0.05, 0) is 42.5 Å². The standard InChI is InChI=1S/C22H17FN6O3/c1-29-17-8-15(6-7-18(17)31-11-20(29)30)26-21-16(23)9-25-22(28-21)27-14-4-2-13(3-5-14)19-10-24-12-32-19/h2-10,12H,11H2,1H3,(H2,25,26,27,28). The van der Waals surface area contributed by atoms with Gasteiger partial charge in [0.1, 0.15) is 5.75 Å². The number of ether oxygens (including phenoxy) is 1. The van der Waals surface area contributed by atoms with Crippen molar-refractivity contribution in [1.29, 1.82) is 0 Å². The van der Waals surface area contributed by atoms with Gasteiger partial charge in [0.25, 0.3) is 5.91 Å². The molecule has 0 radical (unpaired) electrons. The van der Waals surface area contributed by atoms with E-state index in [2.05, 4.69) is 25.6 Å². The largest absolute Gasteiger partial charge is 0.482 e. The van der Waals surface area contributed by atoms with E-state index in [0.717, 1.165) is 17.4 Å². The zero-order valence-corrected chi connectivity index (χ0v) is 16.9. The molecule has 1 aliphatic heterocycles. The third-order valence-electron chi connectivity index (χ3n) is 4.91. The van der Waals surface area contributed by atoms with E-state index in [4.69, 9.17) is 9.15 Å². The van der Waals surface area contributed by atoms with Crippen LogP contribution in [0.25, 0.3) is 11.3 Å². The van der Waals surface area contributed by atoms with Crippen molar-refractivity contribution in [3.05, 3.63) is 67.1 Å². The molecule has 32 heavy (non-hydrogen) atoms. The molecule has 0 atom stereocenters. The highest BCUT2D eigenvalue weighted by atomic mass is 19.1. The lowest BCUT2D eigenvalue weighted by Gasteiger charge is -2.26. The van der Waals surface area contributed by atoms with Crippen LogP contribution in [0.1, 0.15) is 0 Å². The molecule has 2 N–H and O–H groups in total. The first-order chi connectivity index (χ1) is 15.6. The smallest absolute Gasteiger partial charge is 0.264 e. The Balaban J connectivity index is 1.35. The summed E-state index contributed by atoms with van der Waals surface area (Å²) >= 11 is 0. The van der Waals surface area contributed by atoms with Crippen molar-refractivity contribution in [3.63, 3.8) is 0 Å². The molecule has 3 heterocycles. The number of likely N-dealkylation sites (N-methyl/N-ethyl adjacent to an activating group) is 1. The first-order valence-corrected chi connectivity index (χ1v) is 9.66. The van der Waals surface area contributed by atoms with Crippen LogP contribution in [-0.4, -0.2) is 34.5 Å². The SMILES string of the molecule is CN1C(=O)COc2ccc(Nc3nc(Nc4ccc(-c5cnco5)cc4)ncc3F)cc21. The number of carbonyl (C=O) groups is 1. The van der Waals surface area contributed by atoms with Crippen molar-refractivity contribution in [2.24, 2.45) is 0 Å². The van der Waals surface area contributed by atoms with Crippen LogP contribution >= 0.6 is 0 Å². The number of nitrogens with one attached hydrogen (secondary N) is 2. The molecule has 0 unspecified atom stereocenters. The van der Waals surface area contributed by atoms with Crippen LogP contribution in [0, 0.1) is 5.82 Å². The zero-order chi connectivity index (χ0) is 22.1. The van der Waals surface area contributed by atoms with Gasteiger partial charge in [0.15, 0.2) is 30.4 Å². The summed E-state index contributed by atoms with van der Waals surface area (Å²) in [5.74, 6) is 0.667. The fraction of sp³-hybridized carbons (Fsp3) is 0.0909. The fourth-order valence-corrected chi connectivity index (χ4v) is 3.21. The van der Waals surface area contributed by atoms with E-state index < -0.39 is 5.82 Å². The summed E-state index contributed by atoms with van der Waals surface area (Å²) in [5.41, 5.74) is 2.73. The van der Waals surface area contributed by atoms with Crippen molar-refractivity contribution >= 4 is 34.7 Å². The van der Waals surface area contributed by atoms with Crippen molar-refractivity contribution in [3.8, 4) is 17.1 Å². The van der Waals surface area contributed by atoms with Gasteiger partial charge in [-0.3, -0.25) is 4.79 Å². The minimum atomic E-state index is -0.616. The lowest BCUT2D eigenvalue weighted by atomic mass is 10.2. The first-order valence-electron chi connectivity index (χ1n) is 9.66. The summed E-state index contributed by atoms with van der Waals surface area (Å²) in [5, 5.41) is 5.98. The number of oxazole rings is 1. The van der Waals surface area contributed by atoms with E-state index >= 15 is 0 Å². The summed E-state index contributed by atoms with van der Waals surface area (Å²) in [6.07, 6.45) is 4.08. The van der Waals surface area contributed by atoms with Crippen LogP contribution in [0.2, 0.25) is 0 Å². The molecule has 0 aliphatic carbocycles. The van der Waals surface area contributed by atoms with Gasteiger partial charge in [-0.2, -0.15) is 4.98 Å². The van der Waals surface area contributed by atoms with E-state index in [0.29, 0.717) is 22.9 Å². The number of rotatable bonds is 5. The van der Waals surface area contributed by atoms with Gasteiger partial charge in [-0.25, -0.2) is 14.4 Å². The summed E-state index contributed by atoms with van der Waals surface area (Å²) in [6, 6.07) is 12.5. The van der Waals surface area contributed by atoms with Crippen molar-refractivity contribution in [1.82, 2.24) is 15.0 Å². The maximum Gasteiger partial charge on any atom is 0.264 e. The average Bonchev–Trinajstić information content (AvgIpc) is 3.34. The molecule has 9 nitrogen and oxygen atoms in total. The predicted molar refractivity (Wildman–Crippen MR) is 116 cm³/mol. The lowest BCUT2D eigenvalue weighted by Crippen LogP contribution is -2.35. The molecular weight excluding hydrogens is 415 g/mol. The van der Waals surface area contributed by atoms with Gasteiger partial charge in [-0.1, -0.05) is 0 Å². The number of halogens is 1. The Kier molecular flexibility index (Phi) is 4.86. The van der Waals surface area contributed by atoms with Crippen molar-refractivity contribution in [2.45, 2.75) is 0 Å². The number of amides is 1. The highest BCUT2D eigenvalue weighted by Crippen LogP contribution is 2.34. The molecule has 5 rings (SSSR count). The van der Waals surface area contributed by atoms with Crippen LogP contribution in [0.5, 0.6) is 5.75 Å². The summed E-state index contributed by atoms with van der Waals surface area (Å²) < 4.78 is 25.1. The molecule has 4 aromatic rings. The average molecular weight is 432 g/mol. The van der Waals surface area contributed by atoms with Crippen LogP contribution in [0.4, 0.5) is 33.2 Å². The molecule has 2 aromatic carbocycles. The number of aromatic nitrogens is 3. The Hall–Kier alpha value is -4.47. The van der Waals surface area contributed by atoms with Gasteiger partial charge >= 0.3 is 0 Å². The quantitative estimate of drug-likeness (QED) is 0.485. The maximum absolute atomic E-state index is 14.4. The van der Waals surface area contributed by atoms with Crippen LogP contribution in [0.3, 0.4) is 0 Å². The second kappa shape index (κ2) is 7.99. The van der Waals surface area contributed by atoms with Crippen LogP contribution in [-0.2, 0) is 4.79 Å². The topological polar surface area (TPSA) is 105 Å². The van der Waals surface area contributed by atoms with Crippen molar-refractivity contribution in [2.75, 3.05) is 29.2 Å². The van der Waals surface area contributed by atoms with Crippen LogP contribution in [0.15, 0.2) is 65.7 Å². The molecule has 0 bridgehead atoms. The van der Waals surface area contributed by atoms with Gasteiger partial charge in [0.2, 0.25) is 5.95 Å². The normalized spacial score (nSPS) is 12.8. The van der Waals surface area contributed by atoms with E-state index in [1.807, 2.05) is 24.3 Å². The van der Waals surface area contributed by atoms with E-state index in [-0.39, 0.29) is 24.3 Å². The van der Waals surface area contributed by atoms with E-state index in [1.165, 1.54) is 11.3 Å². The van der Waals surface area contributed by atoms with Crippen LogP contribution < -0.4 is 20.3 Å². The maximum atomic E-state index is 14.4. The Morgan fingerprint density at radius 2 is 1.88 bits per heavy atom. The highest BCUT2D eigenvalue weighted by molar-refractivity contribution is 5.98. The summed E-state index contributed by atoms with van der Waals surface area (Å²) in [7, 11) is 1.66. The highest BCUT2D eigenvalue weighted by Gasteiger charge is 2.22. The van der Waals surface area contributed by atoms with Gasteiger partial charge in [-0.15, -0.1) is 0 Å². The summed E-state index contributed by atoms with van der Waals surface area (Å²) in [4.78, 5) is 25.5. The number of anilines is 5. The lowest BCUT2D eigenvalue weighted by molar-refractivity contribution is -0.120. The third-order valence-corrected chi connectivity index (χ3v) is 4.91. The molecule has 160 valence electrons. The molecule has 0 saturated carbocycles. The number of carbonyl (C=O) groups excluding carboxylic acids is 1. The second-order valence-electron chi connectivity index (χ2n) is 7.01. The number of benzene rings is 2. The number of hydrogen-bond acceptors (Lipinski definition) is 8. The monoisotopic (exact) mass is 432 g/mol. The first kappa shape index (κ1) is 19.5. The molecule has 0 saturated heterocycles. The van der Waals surface area contributed by atoms with Gasteiger partial charge in [0, 0.05) is 24.0 Å². The summed E-state index contributed by atoms with van der Waals surface area (Å²) in [6.45, 7) is -0.00871. The Labute approximate surface area is 181 Å². The minimum absolute atomic E-state index is 0.00793.